The average molecular weight is 284 g/mol. The smallest absolute Gasteiger partial charge is 0.0616 e. The molecule has 0 spiro atoms. The monoisotopic (exact) mass is 284 g/mol. The summed E-state index contributed by atoms with van der Waals surface area (Å²) < 4.78 is 0. The van der Waals surface area contributed by atoms with E-state index in [1.165, 1.54) is 32.2 Å². The third-order valence-corrected chi connectivity index (χ3v) is 5.15. The van der Waals surface area contributed by atoms with Crippen molar-refractivity contribution in [1.82, 2.24) is 10.2 Å². The fraction of sp³-hybridized carbons (Fsp3) is 1.00. The van der Waals surface area contributed by atoms with Crippen molar-refractivity contribution in [3.05, 3.63) is 0 Å². The van der Waals surface area contributed by atoms with E-state index in [1.54, 1.807) is 0 Å². The Bertz CT molecular complexity index is 259. The van der Waals surface area contributed by atoms with Crippen LogP contribution in [0.4, 0.5) is 0 Å². The Balaban J connectivity index is 2.44. The Morgan fingerprint density at radius 2 is 2.15 bits per heavy atom. The van der Waals surface area contributed by atoms with Gasteiger partial charge in [0.1, 0.15) is 0 Å². The highest BCUT2D eigenvalue weighted by atomic mass is 16.3. The molecule has 0 heterocycles. The normalized spacial score (nSPS) is 28.2. The number of rotatable bonds is 10. The Morgan fingerprint density at radius 3 is 2.75 bits per heavy atom. The average Bonchev–Trinajstić information content (AvgIpc) is 2.86. The molecule has 1 fully saturated rings. The van der Waals surface area contributed by atoms with Crippen LogP contribution in [0, 0.1) is 11.8 Å². The van der Waals surface area contributed by atoms with Gasteiger partial charge in [0.25, 0.3) is 0 Å². The van der Waals surface area contributed by atoms with Gasteiger partial charge in [-0.2, -0.15) is 0 Å². The zero-order chi connectivity index (χ0) is 15.0. The molecule has 120 valence electrons. The molecule has 0 amide bonds. The van der Waals surface area contributed by atoms with Crippen molar-refractivity contribution in [3.8, 4) is 0 Å². The molecule has 0 aromatic rings. The van der Waals surface area contributed by atoms with Crippen LogP contribution in [0.15, 0.2) is 0 Å². The molecule has 2 N–H and O–H groups in total. The predicted octanol–water partition coefficient (Wildman–Crippen LogP) is 2.89. The van der Waals surface area contributed by atoms with Crippen LogP contribution in [0.5, 0.6) is 0 Å². The maximum atomic E-state index is 9.89. The van der Waals surface area contributed by atoms with Crippen molar-refractivity contribution in [2.45, 2.75) is 64.8 Å². The van der Waals surface area contributed by atoms with Gasteiger partial charge in [0.05, 0.1) is 6.61 Å². The van der Waals surface area contributed by atoms with Crippen LogP contribution in [0.25, 0.3) is 0 Å². The lowest BCUT2D eigenvalue weighted by Crippen LogP contribution is -2.52. The summed E-state index contributed by atoms with van der Waals surface area (Å²) in [5, 5.41) is 13.5. The third-order valence-electron chi connectivity index (χ3n) is 5.15. The van der Waals surface area contributed by atoms with Gasteiger partial charge in [-0.1, -0.05) is 33.6 Å². The minimum absolute atomic E-state index is 0.00717. The lowest BCUT2D eigenvalue weighted by Gasteiger charge is -2.36. The van der Waals surface area contributed by atoms with Crippen molar-refractivity contribution >= 4 is 0 Å². The van der Waals surface area contributed by atoms with E-state index in [1.807, 2.05) is 0 Å². The predicted molar refractivity (Wildman–Crippen MR) is 87.0 cm³/mol. The molecule has 1 aliphatic rings. The van der Waals surface area contributed by atoms with Crippen LogP contribution in [0.3, 0.4) is 0 Å². The Labute approximate surface area is 126 Å². The summed E-state index contributed by atoms with van der Waals surface area (Å²) in [5.41, 5.74) is 0.00717. The minimum atomic E-state index is 0.00717. The highest BCUT2D eigenvalue weighted by molar-refractivity contribution is 4.99. The molecule has 0 aromatic heterocycles. The summed E-state index contributed by atoms with van der Waals surface area (Å²) in [6, 6.07) is 0. The number of hydrogen-bond donors (Lipinski definition) is 2. The number of hydrogen-bond acceptors (Lipinski definition) is 3. The maximum Gasteiger partial charge on any atom is 0.0616 e. The molecule has 1 aliphatic carbocycles. The van der Waals surface area contributed by atoms with Crippen LogP contribution >= 0.6 is 0 Å². The van der Waals surface area contributed by atoms with E-state index >= 15 is 0 Å². The highest BCUT2D eigenvalue weighted by Crippen LogP contribution is 2.37. The van der Waals surface area contributed by atoms with Gasteiger partial charge in [-0.05, 0) is 57.7 Å². The molecular weight excluding hydrogens is 248 g/mol. The van der Waals surface area contributed by atoms with Gasteiger partial charge in [0, 0.05) is 12.1 Å². The summed E-state index contributed by atoms with van der Waals surface area (Å²) in [5.74, 6) is 1.42. The van der Waals surface area contributed by atoms with E-state index in [9.17, 15) is 5.11 Å². The molecule has 1 saturated carbocycles. The van der Waals surface area contributed by atoms with E-state index in [0.717, 1.165) is 31.8 Å². The third kappa shape index (κ3) is 5.01. The van der Waals surface area contributed by atoms with Crippen molar-refractivity contribution < 1.29 is 5.11 Å². The molecule has 0 aliphatic heterocycles. The summed E-state index contributed by atoms with van der Waals surface area (Å²) in [6.07, 6.45) is 7.29. The van der Waals surface area contributed by atoms with E-state index in [4.69, 9.17) is 0 Å². The van der Waals surface area contributed by atoms with E-state index in [-0.39, 0.29) is 5.54 Å². The molecule has 0 radical (unpaired) electrons. The van der Waals surface area contributed by atoms with Crippen molar-refractivity contribution in [3.63, 3.8) is 0 Å². The van der Waals surface area contributed by atoms with Gasteiger partial charge >= 0.3 is 0 Å². The first-order valence-electron chi connectivity index (χ1n) is 8.62. The SMILES string of the molecule is CCCNC1(CO)CCCC1CCN(C)CC(C)CC. The van der Waals surface area contributed by atoms with Crippen molar-refractivity contribution in [1.29, 1.82) is 0 Å². The summed E-state index contributed by atoms with van der Waals surface area (Å²) >= 11 is 0. The van der Waals surface area contributed by atoms with E-state index in [2.05, 4.69) is 38.0 Å². The van der Waals surface area contributed by atoms with Crippen LogP contribution in [-0.4, -0.2) is 48.8 Å². The maximum absolute atomic E-state index is 9.89. The molecule has 3 heteroatoms. The summed E-state index contributed by atoms with van der Waals surface area (Å²) in [4.78, 5) is 2.47. The van der Waals surface area contributed by atoms with Gasteiger partial charge in [0.15, 0.2) is 0 Å². The fourth-order valence-electron chi connectivity index (χ4n) is 3.56. The first-order chi connectivity index (χ1) is 9.57. The summed E-state index contributed by atoms with van der Waals surface area (Å²) in [7, 11) is 2.24. The fourth-order valence-corrected chi connectivity index (χ4v) is 3.56. The zero-order valence-electron chi connectivity index (χ0n) is 14.1. The minimum Gasteiger partial charge on any atom is -0.394 e. The van der Waals surface area contributed by atoms with Gasteiger partial charge in [0.2, 0.25) is 0 Å². The van der Waals surface area contributed by atoms with Gasteiger partial charge in [-0.15, -0.1) is 0 Å². The lowest BCUT2D eigenvalue weighted by molar-refractivity contribution is 0.112. The summed E-state index contributed by atoms with van der Waals surface area (Å²) in [6.45, 7) is 10.5. The standard InChI is InChI=1S/C17H36N2O/c1-5-11-18-17(14-20)10-7-8-16(17)9-12-19(4)13-15(3)6-2/h15-16,18,20H,5-14H2,1-4H3. The molecule has 3 nitrogen and oxygen atoms in total. The van der Waals surface area contributed by atoms with Crippen LogP contribution in [0.1, 0.15) is 59.3 Å². The van der Waals surface area contributed by atoms with Crippen LogP contribution in [0.2, 0.25) is 0 Å². The molecular formula is C17H36N2O. The Hall–Kier alpha value is -0.120. The highest BCUT2D eigenvalue weighted by Gasteiger charge is 2.41. The van der Waals surface area contributed by atoms with Gasteiger partial charge < -0.3 is 15.3 Å². The second-order valence-electron chi connectivity index (χ2n) is 6.89. The van der Waals surface area contributed by atoms with Gasteiger partial charge in [-0.3, -0.25) is 0 Å². The molecule has 1 rings (SSSR count). The molecule has 3 atom stereocenters. The van der Waals surface area contributed by atoms with Crippen molar-refractivity contribution in [2.24, 2.45) is 11.8 Å². The quantitative estimate of drug-likeness (QED) is 0.647. The zero-order valence-corrected chi connectivity index (χ0v) is 14.1. The first-order valence-corrected chi connectivity index (χ1v) is 8.62. The number of aliphatic hydroxyl groups is 1. The number of aliphatic hydroxyl groups excluding tert-OH is 1. The van der Waals surface area contributed by atoms with Gasteiger partial charge in [-0.25, -0.2) is 0 Å². The van der Waals surface area contributed by atoms with E-state index in [0.29, 0.717) is 12.5 Å². The Kier molecular flexibility index (Phi) is 8.08. The first kappa shape index (κ1) is 17.9. The Morgan fingerprint density at radius 1 is 1.40 bits per heavy atom. The van der Waals surface area contributed by atoms with Crippen LogP contribution < -0.4 is 5.32 Å². The molecule has 0 aromatic carbocycles. The van der Waals surface area contributed by atoms with Crippen LogP contribution in [-0.2, 0) is 0 Å². The van der Waals surface area contributed by atoms with E-state index < -0.39 is 0 Å². The second-order valence-corrected chi connectivity index (χ2v) is 6.89. The largest absolute Gasteiger partial charge is 0.394 e. The lowest BCUT2D eigenvalue weighted by atomic mass is 9.85. The molecule has 0 bridgehead atoms. The topological polar surface area (TPSA) is 35.5 Å². The number of nitrogens with zero attached hydrogens (tertiary/aromatic N) is 1. The molecule has 0 saturated heterocycles. The molecule has 20 heavy (non-hydrogen) atoms. The number of nitrogens with one attached hydrogen (secondary N) is 1. The van der Waals surface area contributed by atoms with Crippen molar-refractivity contribution in [2.75, 3.05) is 33.3 Å². The molecule has 3 unspecified atom stereocenters. The second kappa shape index (κ2) is 9.01.